The zero-order valence-corrected chi connectivity index (χ0v) is 14.9. The number of nitrogens with zero attached hydrogens (tertiary/aromatic N) is 6. The first-order chi connectivity index (χ1) is 12.7. The van der Waals surface area contributed by atoms with Crippen LogP contribution in [-0.4, -0.2) is 50.0 Å². The Hall–Kier alpha value is -2.94. The van der Waals surface area contributed by atoms with E-state index < -0.39 is 0 Å². The molecular weight excluding hydrogens is 350 g/mol. The normalized spacial score (nSPS) is 14.1. The average Bonchev–Trinajstić information content (AvgIpc) is 3.16. The van der Waals surface area contributed by atoms with Gasteiger partial charge in [-0.25, -0.2) is 19.6 Å². The standard InChI is InChI=1S/C17H17N7OS/c1-26-14-5-3-2-4-13(14)22-17(25)12-7-23(8-12)15-6-16(20-10-19-15)24-11-18-9-21-24/h2-6,9-12H,7-8H2,1H3,(H,22,25). The van der Waals surface area contributed by atoms with E-state index in [2.05, 4.69) is 25.4 Å². The number of nitrogens with one attached hydrogen (secondary N) is 1. The van der Waals surface area contributed by atoms with Gasteiger partial charge in [-0.1, -0.05) is 12.1 Å². The van der Waals surface area contributed by atoms with Crippen LogP contribution in [0.15, 0.2) is 54.2 Å². The van der Waals surface area contributed by atoms with E-state index in [1.54, 1.807) is 22.8 Å². The van der Waals surface area contributed by atoms with Crippen molar-refractivity contribution in [2.75, 3.05) is 29.6 Å². The van der Waals surface area contributed by atoms with Crippen LogP contribution in [0.25, 0.3) is 5.82 Å². The van der Waals surface area contributed by atoms with E-state index in [-0.39, 0.29) is 11.8 Å². The number of carbonyl (C=O) groups excluding carboxylic acids is 1. The number of hydrogen-bond acceptors (Lipinski definition) is 7. The Morgan fingerprint density at radius 1 is 1.19 bits per heavy atom. The van der Waals surface area contributed by atoms with Gasteiger partial charge in [0.25, 0.3) is 0 Å². The molecule has 1 N–H and O–H groups in total. The molecule has 0 aliphatic carbocycles. The number of hydrogen-bond donors (Lipinski definition) is 1. The Morgan fingerprint density at radius 2 is 2.00 bits per heavy atom. The number of anilines is 2. The fourth-order valence-corrected chi connectivity index (χ4v) is 3.33. The summed E-state index contributed by atoms with van der Waals surface area (Å²) in [4.78, 5) is 28.0. The Balaban J connectivity index is 1.39. The molecule has 1 aromatic carbocycles. The van der Waals surface area contributed by atoms with Crippen molar-refractivity contribution in [1.82, 2.24) is 24.7 Å². The van der Waals surface area contributed by atoms with Crippen LogP contribution >= 0.6 is 11.8 Å². The average molecular weight is 367 g/mol. The van der Waals surface area contributed by atoms with Crippen LogP contribution in [0.5, 0.6) is 0 Å². The second-order valence-corrected chi connectivity index (χ2v) is 6.71. The fraction of sp³-hybridized carbons (Fsp3) is 0.235. The molecule has 0 saturated carbocycles. The summed E-state index contributed by atoms with van der Waals surface area (Å²) in [5, 5.41) is 7.10. The van der Waals surface area contributed by atoms with Gasteiger partial charge in [0.05, 0.1) is 11.6 Å². The van der Waals surface area contributed by atoms with E-state index in [0.717, 1.165) is 16.4 Å². The number of thioether (sulfide) groups is 1. The van der Waals surface area contributed by atoms with Gasteiger partial charge < -0.3 is 10.2 Å². The highest BCUT2D eigenvalue weighted by Crippen LogP contribution is 2.28. The minimum absolute atomic E-state index is 0.0355. The number of rotatable bonds is 5. The van der Waals surface area contributed by atoms with Crippen LogP contribution in [-0.2, 0) is 4.79 Å². The van der Waals surface area contributed by atoms with Gasteiger partial charge >= 0.3 is 0 Å². The first-order valence-corrected chi connectivity index (χ1v) is 9.33. The molecule has 3 aromatic rings. The molecule has 0 bridgehead atoms. The van der Waals surface area contributed by atoms with E-state index in [1.807, 2.05) is 41.5 Å². The Bertz CT molecular complexity index is 909. The molecule has 1 aliphatic rings. The maximum absolute atomic E-state index is 12.5. The third-order valence-corrected chi connectivity index (χ3v) is 5.03. The van der Waals surface area contributed by atoms with Crippen LogP contribution in [0.4, 0.5) is 11.5 Å². The molecule has 0 atom stereocenters. The Morgan fingerprint density at radius 3 is 2.77 bits per heavy atom. The lowest BCUT2D eigenvalue weighted by atomic mass is 9.99. The number of benzene rings is 1. The summed E-state index contributed by atoms with van der Waals surface area (Å²) in [7, 11) is 0. The number of carbonyl (C=O) groups is 1. The van der Waals surface area contributed by atoms with E-state index >= 15 is 0 Å². The van der Waals surface area contributed by atoms with Crippen molar-refractivity contribution < 1.29 is 4.79 Å². The van der Waals surface area contributed by atoms with Crippen LogP contribution in [0, 0.1) is 5.92 Å². The number of aromatic nitrogens is 5. The van der Waals surface area contributed by atoms with Crippen molar-refractivity contribution in [3.63, 3.8) is 0 Å². The highest BCUT2D eigenvalue weighted by molar-refractivity contribution is 7.98. The van der Waals surface area contributed by atoms with E-state index in [0.29, 0.717) is 18.9 Å². The molecule has 1 fully saturated rings. The monoisotopic (exact) mass is 367 g/mol. The predicted molar refractivity (Wildman–Crippen MR) is 99.5 cm³/mol. The first kappa shape index (κ1) is 16.5. The van der Waals surface area contributed by atoms with E-state index in [9.17, 15) is 4.79 Å². The molecule has 132 valence electrons. The van der Waals surface area contributed by atoms with Gasteiger partial charge in [0.2, 0.25) is 5.91 Å². The fourth-order valence-electron chi connectivity index (χ4n) is 2.78. The predicted octanol–water partition coefficient (Wildman–Crippen LogP) is 1.85. The minimum Gasteiger partial charge on any atom is -0.355 e. The molecule has 0 unspecified atom stereocenters. The summed E-state index contributed by atoms with van der Waals surface area (Å²) in [6.07, 6.45) is 6.53. The molecule has 0 spiro atoms. The zero-order valence-electron chi connectivity index (χ0n) is 14.1. The summed E-state index contributed by atoms with van der Waals surface area (Å²) < 4.78 is 1.58. The van der Waals surface area contributed by atoms with E-state index in [1.165, 1.54) is 12.7 Å². The Labute approximate surface area is 154 Å². The molecule has 3 heterocycles. The smallest absolute Gasteiger partial charge is 0.231 e. The summed E-state index contributed by atoms with van der Waals surface area (Å²) in [5.41, 5.74) is 0.860. The molecule has 9 heteroatoms. The topological polar surface area (TPSA) is 88.8 Å². The molecule has 2 aromatic heterocycles. The largest absolute Gasteiger partial charge is 0.355 e. The lowest BCUT2D eigenvalue weighted by Crippen LogP contribution is -2.52. The SMILES string of the molecule is CSc1ccccc1NC(=O)C1CN(c2cc(-n3cncn3)ncn2)C1. The van der Waals surface area contributed by atoms with Gasteiger partial charge in [-0.2, -0.15) is 5.10 Å². The van der Waals surface area contributed by atoms with Crippen LogP contribution < -0.4 is 10.2 Å². The summed E-state index contributed by atoms with van der Waals surface area (Å²) >= 11 is 1.62. The first-order valence-electron chi connectivity index (χ1n) is 8.10. The third kappa shape index (κ3) is 3.25. The van der Waals surface area contributed by atoms with Crippen LogP contribution in [0.2, 0.25) is 0 Å². The van der Waals surface area contributed by atoms with Crippen molar-refractivity contribution >= 4 is 29.2 Å². The zero-order chi connectivity index (χ0) is 17.9. The second-order valence-electron chi connectivity index (χ2n) is 5.87. The lowest BCUT2D eigenvalue weighted by Gasteiger charge is -2.39. The number of amides is 1. The van der Waals surface area contributed by atoms with Gasteiger partial charge in [-0.15, -0.1) is 11.8 Å². The summed E-state index contributed by atoms with van der Waals surface area (Å²) in [6, 6.07) is 9.66. The van der Waals surface area contributed by atoms with Crippen LogP contribution in [0.1, 0.15) is 0 Å². The highest BCUT2D eigenvalue weighted by Gasteiger charge is 2.34. The van der Waals surface area contributed by atoms with Gasteiger partial charge in [0, 0.05) is 24.1 Å². The minimum atomic E-state index is -0.0605. The Kier molecular flexibility index (Phi) is 4.53. The summed E-state index contributed by atoms with van der Waals surface area (Å²) in [6.45, 7) is 1.25. The van der Waals surface area contributed by atoms with Gasteiger partial charge in [-0.3, -0.25) is 4.79 Å². The molecule has 1 amide bonds. The molecule has 26 heavy (non-hydrogen) atoms. The maximum atomic E-state index is 12.5. The van der Waals surface area contributed by atoms with Crippen molar-refractivity contribution in [1.29, 1.82) is 0 Å². The van der Waals surface area contributed by atoms with Crippen molar-refractivity contribution in [3.8, 4) is 5.82 Å². The molecule has 8 nitrogen and oxygen atoms in total. The molecule has 0 radical (unpaired) electrons. The van der Waals surface area contributed by atoms with Gasteiger partial charge in [0.15, 0.2) is 5.82 Å². The van der Waals surface area contributed by atoms with E-state index in [4.69, 9.17) is 0 Å². The van der Waals surface area contributed by atoms with Gasteiger partial charge in [-0.05, 0) is 18.4 Å². The van der Waals surface area contributed by atoms with Crippen molar-refractivity contribution in [2.24, 2.45) is 5.92 Å². The molecular formula is C17H17N7OS. The summed E-state index contributed by atoms with van der Waals surface area (Å²) in [5.74, 6) is 1.40. The highest BCUT2D eigenvalue weighted by atomic mass is 32.2. The molecule has 1 aliphatic heterocycles. The lowest BCUT2D eigenvalue weighted by molar-refractivity contribution is -0.120. The van der Waals surface area contributed by atoms with Crippen LogP contribution in [0.3, 0.4) is 0 Å². The molecule has 1 saturated heterocycles. The third-order valence-electron chi connectivity index (χ3n) is 4.23. The quantitative estimate of drug-likeness (QED) is 0.689. The molecule has 4 rings (SSSR count). The van der Waals surface area contributed by atoms with Crippen molar-refractivity contribution in [2.45, 2.75) is 4.90 Å². The number of para-hydroxylation sites is 1. The van der Waals surface area contributed by atoms with Crippen molar-refractivity contribution in [3.05, 3.63) is 49.3 Å². The van der Waals surface area contributed by atoms with Gasteiger partial charge in [0.1, 0.15) is 24.8 Å². The second kappa shape index (κ2) is 7.12. The maximum Gasteiger partial charge on any atom is 0.231 e.